The van der Waals surface area contributed by atoms with E-state index in [1.165, 1.54) is 4.31 Å². The van der Waals surface area contributed by atoms with E-state index >= 15 is 0 Å². The topological polar surface area (TPSA) is 94.9 Å². The van der Waals surface area contributed by atoms with Gasteiger partial charge in [-0.15, -0.1) is 0 Å². The number of hydrogen-bond acceptors (Lipinski definition) is 6. The molecule has 180 valence electrons. The highest BCUT2D eigenvalue weighted by atomic mass is 32.2. The molecule has 1 aromatic carbocycles. The smallest absolute Gasteiger partial charge is 0.355 e. The molecule has 1 saturated heterocycles. The van der Waals surface area contributed by atoms with Gasteiger partial charge in [-0.3, -0.25) is 4.79 Å². The zero-order valence-electron chi connectivity index (χ0n) is 19.9. The molecule has 1 fully saturated rings. The van der Waals surface area contributed by atoms with Crippen molar-refractivity contribution >= 4 is 21.8 Å². The largest absolute Gasteiger partial charge is 0.461 e. The van der Waals surface area contributed by atoms with Gasteiger partial charge in [0, 0.05) is 31.5 Å². The minimum absolute atomic E-state index is 0.0949. The van der Waals surface area contributed by atoms with Crippen LogP contribution in [0.25, 0.3) is 0 Å². The fourth-order valence-corrected chi connectivity index (χ4v) is 5.67. The lowest BCUT2D eigenvalue weighted by molar-refractivity contribution is 0.0514. The molecule has 2 heterocycles. The van der Waals surface area contributed by atoms with Crippen LogP contribution < -0.4 is 0 Å². The van der Waals surface area contributed by atoms with Crippen LogP contribution in [0.15, 0.2) is 29.2 Å². The number of aromatic nitrogens is 1. The summed E-state index contributed by atoms with van der Waals surface area (Å²) in [5.74, 6) is -0.882. The Morgan fingerprint density at radius 1 is 1.18 bits per heavy atom. The Balaban J connectivity index is 1.96. The van der Waals surface area contributed by atoms with Crippen LogP contribution in [0.3, 0.4) is 0 Å². The van der Waals surface area contributed by atoms with Gasteiger partial charge >= 0.3 is 5.97 Å². The summed E-state index contributed by atoms with van der Waals surface area (Å²) in [6, 6.07) is 6.57. The standard InChI is InChI=1S/C24H32N2O6S/c1-6-31-24(28)23-17(3)22(18(4)25(23)5)21(27)15-26(14-19-8-7-13-32-19)33(29,30)20-11-9-16(2)10-12-20/h9-12,19H,6-8,13-15H2,1-5H3. The van der Waals surface area contributed by atoms with Gasteiger partial charge < -0.3 is 14.0 Å². The van der Waals surface area contributed by atoms with Crippen molar-refractivity contribution in [2.24, 2.45) is 7.05 Å². The Morgan fingerprint density at radius 3 is 2.42 bits per heavy atom. The summed E-state index contributed by atoms with van der Waals surface area (Å²) in [5.41, 5.74) is 2.66. The van der Waals surface area contributed by atoms with Gasteiger partial charge in [-0.25, -0.2) is 13.2 Å². The first-order chi connectivity index (χ1) is 15.6. The van der Waals surface area contributed by atoms with Crippen molar-refractivity contribution in [3.05, 3.63) is 52.3 Å². The number of ketones is 1. The van der Waals surface area contributed by atoms with Crippen molar-refractivity contribution in [2.75, 3.05) is 26.3 Å². The number of sulfonamides is 1. The molecule has 0 bridgehead atoms. The van der Waals surface area contributed by atoms with E-state index < -0.39 is 16.0 Å². The van der Waals surface area contributed by atoms with Crippen LogP contribution in [0.2, 0.25) is 0 Å². The maximum Gasteiger partial charge on any atom is 0.355 e. The lowest BCUT2D eigenvalue weighted by atomic mass is 10.1. The Hall–Kier alpha value is -2.49. The highest BCUT2D eigenvalue weighted by Gasteiger charge is 2.33. The second kappa shape index (κ2) is 10.2. The van der Waals surface area contributed by atoms with Gasteiger partial charge in [-0.05, 0) is 58.2 Å². The summed E-state index contributed by atoms with van der Waals surface area (Å²) in [6.07, 6.45) is 1.34. The van der Waals surface area contributed by atoms with Crippen molar-refractivity contribution in [1.29, 1.82) is 0 Å². The van der Waals surface area contributed by atoms with E-state index in [1.807, 2.05) is 6.92 Å². The molecule has 0 saturated carbocycles. The van der Waals surface area contributed by atoms with E-state index in [-0.39, 0.29) is 36.5 Å². The summed E-state index contributed by atoms with van der Waals surface area (Å²) in [7, 11) is -2.24. The second-order valence-electron chi connectivity index (χ2n) is 8.38. The molecule has 0 amide bonds. The van der Waals surface area contributed by atoms with E-state index in [0.717, 1.165) is 18.4 Å². The number of benzene rings is 1. The first-order valence-corrected chi connectivity index (χ1v) is 12.6. The predicted molar refractivity (Wildman–Crippen MR) is 124 cm³/mol. The average molecular weight is 477 g/mol. The molecule has 0 radical (unpaired) electrons. The third kappa shape index (κ3) is 5.20. The van der Waals surface area contributed by atoms with Crippen LogP contribution in [0.1, 0.15) is 57.4 Å². The normalized spacial score (nSPS) is 16.4. The first-order valence-electron chi connectivity index (χ1n) is 11.1. The van der Waals surface area contributed by atoms with Crippen molar-refractivity contribution < 1.29 is 27.5 Å². The van der Waals surface area contributed by atoms with E-state index in [9.17, 15) is 18.0 Å². The Labute approximate surface area is 195 Å². The fraction of sp³-hybridized carbons (Fsp3) is 0.500. The van der Waals surface area contributed by atoms with E-state index in [1.54, 1.807) is 56.7 Å². The number of ether oxygens (including phenoxy) is 2. The van der Waals surface area contributed by atoms with Gasteiger partial charge in [-0.2, -0.15) is 4.31 Å². The number of esters is 1. The molecule has 9 heteroatoms. The number of rotatable bonds is 9. The van der Waals surface area contributed by atoms with E-state index in [4.69, 9.17) is 9.47 Å². The van der Waals surface area contributed by atoms with Crippen molar-refractivity contribution in [3.63, 3.8) is 0 Å². The highest BCUT2D eigenvalue weighted by molar-refractivity contribution is 7.89. The Bertz CT molecular complexity index is 1130. The minimum Gasteiger partial charge on any atom is -0.461 e. The van der Waals surface area contributed by atoms with Crippen LogP contribution in [0.4, 0.5) is 0 Å². The van der Waals surface area contributed by atoms with Crippen molar-refractivity contribution in [2.45, 2.75) is 51.5 Å². The van der Waals surface area contributed by atoms with Gasteiger partial charge in [-0.1, -0.05) is 17.7 Å². The molecule has 3 rings (SSSR count). The predicted octanol–water partition coefficient (Wildman–Crippen LogP) is 3.18. The van der Waals surface area contributed by atoms with Crippen molar-refractivity contribution in [1.82, 2.24) is 8.87 Å². The zero-order valence-corrected chi connectivity index (χ0v) is 20.7. The van der Waals surface area contributed by atoms with Crippen molar-refractivity contribution in [3.8, 4) is 0 Å². The van der Waals surface area contributed by atoms with Gasteiger partial charge in [0.15, 0.2) is 5.78 Å². The summed E-state index contributed by atoms with van der Waals surface area (Å²) >= 11 is 0. The van der Waals surface area contributed by atoms with Crippen LogP contribution >= 0.6 is 0 Å². The maximum absolute atomic E-state index is 13.5. The summed E-state index contributed by atoms with van der Waals surface area (Å²) in [4.78, 5) is 26.0. The molecular weight excluding hydrogens is 444 g/mol. The molecule has 1 unspecified atom stereocenters. The highest BCUT2D eigenvalue weighted by Crippen LogP contribution is 2.25. The SMILES string of the molecule is CCOC(=O)c1c(C)c(C(=O)CN(CC2CCCO2)S(=O)(=O)c2ccc(C)cc2)c(C)n1C. The Kier molecular flexibility index (Phi) is 7.76. The van der Waals surface area contributed by atoms with E-state index in [2.05, 4.69) is 0 Å². The van der Waals surface area contributed by atoms with Crippen LogP contribution in [-0.2, 0) is 26.5 Å². The van der Waals surface area contributed by atoms with Gasteiger partial charge in [0.2, 0.25) is 10.0 Å². The van der Waals surface area contributed by atoms with Gasteiger partial charge in [0.25, 0.3) is 0 Å². The van der Waals surface area contributed by atoms with Crippen LogP contribution in [-0.4, -0.2) is 61.4 Å². The summed E-state index contributed by atoms with van der Waals surface area (Å²) in [5, 5.41) is 0. The molecule has 1 aliphatic rings. The van der Waals surface area contributed by atoms with E-state index in [0.29, 0.717) is 29.1 Å². The molecular formula is C24H32N2O6S. The molecule has 1 aliphatic heterocycles. The third-order valence-electron chi connectivity index (χ3n) is 6.09. The number of Topliss-reactive ketones (excluding diaryl/α,β-unsaturated/α-hetero) is 1. The second-order valence-corrected chi connectivity index (χ2v) is 10.3. The Morgan fingerprint density at radius 2 is 1.85 bits per heavy atom. The van der Waals surface area contributed by atoms with Gasteiger partial charge in [0.05, 0.1) is 24.2 Å². The molecule has 0 N–H and O–H groups in total. The number of hydrogen-bond donors (Lipinski definition) is 0. The number of carbonyl (C=O) groups excluding carboxylic acids is 2. The molecule has 8 nitrogen and oxygen atoms in total. The van der Waals surface area contributed by atoms with Crippen LogP contribution in [0.5, 0.6) is 0 Å². The quantitative estimate of drug-likeness (QED) is 0.408. The summed E-state index contributed by atoms with van der Waals surface area (Å²) in [6.45, 7) is 7.57. The number of aryl methyl sites for hydroxylation is 1. The number of nitrogens with zero attached hydrogens (tertiary/aromatic N) is 2. The molecule has 0 spiro atoms. The first kappa shape index (κ1) is 25.1. The minimum atomic E-state index is -3.93. The lowest BCUT2D eigenvalue weighted by Crippen LogP contribution is -2.41. The van der Waals surface area contributed by atoms with Crippen LogP contribution in [0, 0.1) is 20.8 Å². The molecule has 1 aromatic heterocycles. The molecule has 2 aromatic rings. The summed E-state index contributed by atoms with van der Waals surface area (Å²) < 4.78 is 40.6. The monoisotopic (exact) mass is 476 g/mol. The third-order valence-corrected chi connectivity index (χ3v) is 7.91. The zero-order chi connectivity index (χ0) is 24.3. The fourth-order valence-electron chi connectivity index (χ4n) is 4.24. The van der Waals surface area contributed by atoms with Gasteiger partial charge in [0.1, 0.15) is 5.69 Å². The lowest BCUT2D eigenvalue weighted by Gasteiger charge is -2.24. The maximum atomic E-state index is 13.5. The molecule has 33 heavy (non-hydrogen) atoms. The molecule has 1 atom stereocenters. The molecule has 0 aliphatic carbocycles. The average Bonchev–Trinajstić information content (AvgIpc) is 3.34. The number of carbonyl (C=O) groups is 2.